The number of nitrogens with two attached hydrogens (primary N) is 1. The first-order valence-electron chi connectivity index (χ1n) is 4.69. The Morgan fingerprint density at radius 3 is 2.75 bits per heavy atom. The molecule has 0 spiro atoms. The van der Waals surface area contributed by atoms with Crippen LogP contribution in [0.15, 0.2) is 42.9 Å². The molecule has 0 bridgehead atoms. The number of carbonyl (C=O) groups is 1. The Morgan fingerprint density at radius 1 is 1.25 bits per heavy atom. The smallest absolute Gasteiger partial charge is 0.276 e. The summed E-state index contributed by atoms with van der Waals surface area (Å²) in [6.07, 6.45) is 4.70. The van der Waals surface area contributed by atoms with Crippen molar-refractivity contribution in [3.05, 3.63) is 48.5 Å². The van der Waals surface area contributed by atoms with Gasteiger partial charge in [-0.2, -0.15) is 0 Å². The van der Waals surface area contributed by atoms with E-state index in [1.807, 2.05) is 0 Å². The van der Waals surface area contributed by atoms with Crippen molar-refractivity contribution < 1.29 is 4.79 Å². The molecule has 0 atom stereocenters. The van der Waals surface area contributed by atoms with E-state index in [1.165, 1.54) is 6.20 Å². The van der Waals surface area contributed by atoms with Crippen LogP contribution in [0.3, 0.4) is 0 Å². The molecule has 2 rings (SSSR count). The second-order valence-electron chi connectivity index (χ2n) is 3.14. The molecule has 16 heavy (non-hydrogen) atoms. The molecule has 0 saturated carbocycles. The summed E-state index contributed by atoms with van der Waals surface area (Å²) >= 11 is 0. The molecule has 2 aromatic rings. The Bertz CT molecular complexity index is 498. The van der Waals surface area contributed by atoms with Gasteiger partial charge in [0.05, 0.1) is 17.6 Å². The SMILES string of the molecule is Nc1cccnc1C(=O)Nc1cccnc1. The molecule has 0 aliphatic heterocycles. The van der Waals surface area contributed by atoms with Gasteiger partial charge in [0, 0.05) is 12.4 Å². The van der Waals surface area contributed by atoms with Gasteiger partial charge >= 0.3 is 0 Å². The van der Waals surface area contributed by atoms with Crippen molar-refractivity contribution in [2.24, 2.45) is 0 Å². The molecule has 2 heterocycles. The molecule has 0 aliphatic carbocycles. The molecule has 0 radical (unpaired) electrons. The van der Waals surface area contributed by atoms with Crippen LogP contribution in [0.5, 0.6) is 0 Å². The van der Waals surface area contributed by atoms with Crippen LogP contribution in [-0.2, 0) is 0 Å². The van der Waals surface area contributed by atoms with Gasteiger partial charge in [-0.15, -0.1) is 0 Å². The van der Waals surface area contributed by atoms with Crippen molar-refractivity contribution in [1.82, 2.24) is 9.97 Å². The number of pyridine rings is 2. The Hall–Kier alpha value is -2.43. The molecule has 80 valence electrons. The van der Waals surface area contributed by atoms with Gasteiger partial charge in [0.15, 0.2) is 5.69 Å². The van der Waals surface area contributed by atoms with Gasteiger partial charge in [0.25, 0.3) is 5.91 Å². The number of aromatic nitrogens is 2. The average Bonchev–Trinajstić information content (AvgIpc) is 2.31. The molecule has 5 nitrogen and oxygen atoms in total. The Morgan fingerprint density at radius 2 is 2.06 bits per heavy atom. The number of nitrogen functional groups attached to an aromatic ring is 1. The monoisotopic (exact) mass is 214 g/mol. The van der Waals surface area contributed by atoms with E-state index in [9.17, 15) is 4.79 Å². The van der Waals surface area contributed by atoms with E-state index in [2.05, 4.69) is 15.3 Å². The number of hydrogen-bond donors (Lipinski definition) is 2. The van der Waals surface area contributed by atoms with Crippen LogP contribution in [0.2, 0.25) is 0 Å². The van der Waals surface area contributed by atoms with Gasteiger partial charge in [-0.25, -0.2) is 4.98 Å². The number of amides is 1. The minimum absolute atomic E-state index is 0.214. The average molecular weight is 214 g/mol. The zero-order chi connectivity index (χ0) is 11.4. The second-order valence-corrected chi connectivity index (χ2v) is 3.14. The Kier molecular flexibility index (Phi) is 2.77. The van der Waals surface area contributed by atoms with Crippen molar-refractivity contribution >= 4 is 17.3 Å². The van der Waals surface area contributed by atoms with Crippen molar-refractivity contribution in [2.75, 3.05) is 11.1 Å². The molecule has 0 aliphatic rings. The molecule has 1 amide bonds. The quantitative estimate of drug-likeness (QED) is 0.789. The highest BCUT2D eigenvalue weighted by atomic mass is 16.1. The predicted molar refractivity (Wildman–Crippen MR) is 60.8 cm³/mol. The van der Waals surface area contributed by atoms with E-state index in [0.29, 0.717) is 11.4 Å². The molecule has 0 saturated heterocycles. The van der Waals surface area contributed by atoms with Gasteiger partial charge < -0.3 is 11.1 Å². The fourth-order valence-corrected chi connectivity index (χ4v) is 1.23. The third-order valence-electron chi connectivity index (χ3n) is 1.97. The summed E-state index contributed by atoms with van der Waals surface area (Å²) in [4.78, 5) is 19.6. The van der Waals surface area contributed by atoms with Crippen LogP contribution in [0.25, 0.3) is 0 Å². The number of carbonyl (C=O) groups excluding carboxylic acids is 1. The second kappa shape index (κ2) is 4.39. The van der Waals surface area contributed by atoms with Crippen molar-refractivity contribution in [3.63, 3.8) is 0 Å². The van der Waals surface area contributed by atoms with E-state index in [-0.39, 0.29) is 11.6 Å². The first-order chi connectivity index (χ1) is 7.77. The minimum atomic E-state index is -0.342. The zero-order valence-corrected chi connectivity index (χ0v) is 8.42. The predicted octanol–water partition coefficient (Wildman–Crippen LogP) is 1.31. The lowest BCUT2D eigenvalue weighted by Crippen LogP contribution is -2.15. The molecule has 0 fully saturated rings. The molecule has 3 N–H and O–H groups in total. The van der Waals surface area contributed by atoms with Crippen molar-refractivity contribution in [2.45, 2.75) is 0 Å². The molecular weight excluding hydrogens is 204 g/mol. The lowest BCUT2D eigenvalue weighted by atomic mass is 10.3. The molecule has 2 aromatic heterocycles. The van der Waals surface area contributed by atoms with E-state index < -0.39 is 0 Å². The van der Waals surface area contributed by atoms with Crippen LogP contribution in [0.4, 0.5) is 11.4 Å². The summed E-state index contributed by atoms with van der Waals surface area (Å²) in [5, 5.41) is 2.66. The summed E-state index contributed by atoms with van der Waals surface area (Å²) in [5.74, 6) is -0.342. The van der Waals surface area contributed by atoms with Gasteiger partial charge in [0.2, 0.25) is 0 Å². The lowest BCUT2D eigenvalue weighted by Gasteiger charge is -2.05. The third-order valence-corrected chi connectivity index (χ3v) is 1.97. The maximum absolute atomic E-state index is 11.8. The number of nitrogens with zero attached hydrogens (tertiary/aromatic N) is 2. The van der Waals surface area contributed by atoms with E-state index in [4.69, 9.17) is 5.73 Å². The molecule has 5 heteroatoms. The number of hydrogen-bond acceptors (Lipinski definition) is 4. The highest BCUT2D eigenvalue weighted by molar-refractivity contribution is 6.06. The van der Waals surface area contributed by atoms with E-state index in [0.717, 1.165) is 0 Å². The van der Waals surface area contributed by atoms with Crippen molar-refractivity contribution in [3.8, 4) is 0 Å². The fourth-order valence-electron chi connectivity index (χ4n) is 1.23. The van der Waals surface area contributed by atoms with Crippen molar-refractivity contribution in [1.29, 1.82) is 0 Å². The van der Waals surface area contributed by atoms with Gasteiger partial charge in [-0.05, 0) is 24.3 Å². The third kappa shape index (κ3) is 2.14. The van der Waals surface area contributed by atoms with Crippen LogP contribution in [-0.4, -0.2) is 15.9 Å². The van der Waals surface area contributed by atoms with Crippen LogP contribution >= 0.6 is 0 Å². The largest absolute Gasteiger partial charge is 0.397 e. The first kappa shape index (κ1) is 10.1. The summed E-state index contributed by atoms with van der Waals surface area (Å²) in [7, 11) is 0. The Labute approximate surface area is 92.3 Å². The molecule has 0 unspecified atom stereocenters. The van der Waals surface area contributed by atoms with Crippen LogP contribution in [0, 0.1) is 0 Å². The summed E-state index contributed by atoms with van der Waals surface area (Å²) in [6, 6.07) is 6.78. The van der Waals surface area contributed by atoms with E-state index >= 15 is 0 Å². The van der Waals surface area contributed by atoms with E-state index in [1.54, 1.807) is 36.7 Å². The normalized spacial score (nSPS) is 9.75. The first-order valence-corrected chi connectivity index (χ1v) is 4.69. The maximum Gasteiger partial charge on any atom is 0.276 e. The van der Waals surface area contributed by atoms with Gasteiger partial charge in [-0.1, -0.05) is 0 Å². The molecular formula is C11H10N4O. The number of rotatable bonds is 2. The maximum atomic E-state index is 11.8. The summed E-state index contributed by atoms with van der Waals surface area (Å²) in [6.45, 7) is 0. The summed E-state index contributed by atoms with van der Waals surface area (Å²) in [5.41, 5.74) is 6.81. The Balaban J connectivity index is 2.19. The highest BCUT2D eigenvalue weighted by Crippen LogP contribution is 2.10. The number of anilines is 2. The van der Waals surface area contributed by atoms with Gasteiger partial charge in [-0.3, -0.25) is 9.78 Å². The van der Waals surface area contributed by atoms with Crippen LogP contribution in [0.1, 0.15) is 10.5 Å². The lowest BCUT2D eigenvalue weighted by molar-refractivity contribution is 0.102. The van der Waals surface area contributed by atoms with Crippen LogP contribution < -0.4 is 11.1 Å². The highest BCUT2D eigenvalue weighted by Gasteiger charge is 2.10. The summed E-state index contributed by atoms with van der Waals surface area (Å²) < 4.78 is 0. The molecule has 0 aromatic carbocycles. The fraction of sp³-hybridized carbons (Fsp3) is 0. The topological polar surface area (TPSA) is 80.9 Å². The zero-order valence-electron chi connectivity index (χ0n) is 8.42. The number of nitrogens with one attached hydrogen (secondary N) is 1. The van der Waals surface area contributed by atoms with Gasteiger partial charge in [0.1, 0.15) is 0 Å². The minimum Gasteiger partial charge on any atom is -0.397 e. The standard InChI is InChI=1S/C11H10N4O/c12-9-4-2-6-14-10(9)11(16)15-8-3-1-5-13-7-8/h1-7H,12H2,(H,15,16).